The average molecular weight is 447 g/mol. The summed E-state index contributed by atoms with van der Waals surface area (Å²) < 4.78 is 0. The Morgan fingerprint density at radius 1 is 0.939 bits per heavy atom. The highest BCUT2D eigenvalue weighted by atomic mass is 16.2. The molecule has 0 spiro atoms. The van der Waals surface area contributed by atoms with Gasteiger partial charge in [0.15, 0.2) is 11.7 Å². The Morgan fingerprint density at radius 2 is 1.76 bits per heavy atom. The lowest BCUT2D eigenvalue weighted by Gasteiger charge is -2.21. The second kappa shape index (κ2) is 11.6. The molecule has 0 unspecified atom stereocenters. The minimum atomic E-state index is -0.185. The van der Waals surface area contributed by atoms with Crippen molar-refractivity contribution in [3.05, 3.63) is 59.7 Å². The van der Waals surface area contributed by atoms with E-state index in [0.29, 0.717) is 17.9 Å². The highest BCUT2D eigenvalue weighted by Gasteiger charge is 2.15. The van der Waals surface area contributed by atoms with Gasteiger partial charge in [-0.1, -0.05) is 50.7 Å². The molecule has 2 aromatic carbocycles. The zero-order valence-electron chi connectivity index (χ0n) is 19.2. The quantitative estimate of drug-likeness (QED) is 0.471. The molecule has 1 aliphatic carbocycles. The molecule has 33 heavy (non-hydrogen) atoms. The number of aliphatic imine (C=N–C) groups is 1. The highest BCUT2D eigenvalue weighted by molar-refractivity contribution is 6.06. The van der Waals surface area contributed by atoms with Crippen molar-refractivity contribution in [1.29, 1.82) is 0 Å². The van der Waals surface area contributed by atoms with Crippen LogP contribution in [0.2, 0.25) is 0 Å². The van der Waals surface area contributed by atoms with E-state index < -0.39 is 0 Å². The number of nitrogens with zero attached hydrogens (tertiary/aromatic N) is 1. The van der Waals surface area contributed by atoms with Gasteiger partial charge in [0, 0.05) is 42.0 Å². The number of ketones is 1. The maximum absolute atomic E-state index is 12.7. The van der Waals surface area contributed by atoms with Gasteiger partial charge in [0.05, 0.1) is 0 Å². The van der Waals surface area contributed by atoms with Gasteiger partial charge >= 0.3 is 0 Å². The maximum Gasteiger partial charge on any atom is 0.257 e. The van der Waals surface area contributed by atoms with E-state index in [2.05, 4.69) is 20.9 Å². The summed E-state index contributed by atoms with van der Waals surface area (Å²) in [5.74, 6) is 1.38. The predicted octanol–water partition coefficient (Wildman–Crippen LogP) is 5.44. The van der Waals surface area contributed by atoms with Crippen molar-refractivity contribution in [3.63, 3.8) is 0 Å². The van der Waals surface area contributed by atoms with Crippen molar-refractivity contribution in [1.82, 2.24) is 10.6 Å². The first-order chi connectivity index (χ1) is 16.2. The van der Waals surface area contributed by atoms with Crippen molar-refractivity contribution in [2.24, 2.45) is 10.9 Å². The molecular formula is C27H34N4O2. The number of rotatable bonds is 8. The molecule has 0 aromatic heterocycles. The first-order valence-electron chi connectivity index (χ1n) is 12.3. The number of anilines is 2. The third kappa shape index (κ3) is 6.91. The van der Waals surface area contributed by atoms with Crippen LogP contribution in [-0.2, 0) is 0 Å². The van der Waals surface area contributed by atoms with Crippen LogP contribution in [0, 0.1) is 5.92 Å². The lowest BCUT2D eigenvalue weighted by atomic mass is 9.85. The Balaban J connectivity index is 1.28. The van der Waals surface area contributed by atoms with Crippen molar-refractivity contribution >= 4 is 29.0 Å². The SMILES string of the molecule is O=C(CCCC1CCCCC1)c1cccc(Nc2ccc(C(=O)NC3=NCCCN3)cc2)c1. The van der Waals surface area contributed by atoms with Crippen LogP contribution < -0.4 is 16.0 Å². The smallest absolute Gasteiger partial charge is 0.257 e. The fourth-order valence-electron chi connectivity index (χ4n) is 4.61. The molecule has 6 nitrogen and oxygen atoms in total. The minimum Gasteiger partial charge on any atom is -0.356 e. The van der Waals surface area contributed by atoms with Crippen molar-refractivity contribution in [2.75, 3.05) is 18.4 Å². The van der Waals surface area contributed by atoms with Gasteiger partial charge in [0.1, 0.15) is 0 Å². The first kappa shape index (κ1) is 23.0. The standard InChI is InChI=1S/C27H34N4O2/c32-25(12-4-9-20-7-2-1-3-8-20)22-10-5-11-24(19-22)30-23-15-13-21(14-16-23)26(33)31-27-28-17-6-18-29-27/h5,10-11,13-16,19-20,30H,1-4,6-9,12,17-18H2,(H2,28,29,31,33). The van der Waals surface area contributed by atoms with Gasteiger partial charge in [-0.3, -0.25) is 19.9 Å². The molecule has 1 saturated carbocycles. The number of carbonyl (C=O) groups is 2. The molecule has 2 aromatic rings. The Morgan fingerprint density at radius 3 is 2.52 bits per heavy atom. The van der Waals surface area contributed by atoms with Crippen LogP contribution in [0.15, 0.2) is 53.5 Å². The normalized spacial score (nSPS) is 16.4. The van der Waals surface area contributed by atoms with Crippen LogP contribution in [-0.4, -0.2) is 30.7 Å². The molecule has 4 rings (SSSR count). The summed E-state index contributed by atoms with van der Waals surface area (Å²) in [7, 11) is 0. The van der Waals surface area contributed by atoms with E-state index in [1.54, 1.807) is 12.1 Å². The Bertz CT molecular complexity index is 978. The number of amides is 1. The Hall–Kier alpha value is -3.15. The van der Waals surface area contributed by atoms with E-state index in [-0.39, 0.29) is 11.7 Å². The Labute approximate surface area is 196 Å². The zero-order valence-corrected chi connectivity index (χ0v) is 19.2. The van der Waals surface area contributed by atoms with Gasteiger partial charge in [0.25, 0.3) is 5.91 Å². The van der Waals surface area contributed by atoms with Crippen molar-refractivity contribution in [3.8, 4) is 0 Å². The summed E-state index contributed by atoms with van der Waals surface area (Å²) in [6.45, 7) is 1.55. The molecule has 2 aliphatic rings. The lowest BCUT2D eigenvalue weighted by molar-refractivity contribution is 0.0967. The molecule has 1 amide bonds. The second-order valence-corrected chi connectivity index (χ2v) is 9.07. The molecule has 1 fully saturated rings. The third-order valence-corrected chi connectivity index (χ3v) is 6.49. The number of hydrogen-bond acceptors (Lipinski definition) is 5. The number of nitrogens with one attached hydrogen (secondary N) is 3. The summed E-state index contributed by atoms with van der Waals surface area (Å²) in [6, 6.07) is 15.0. The predicted molar refractivity (Wildman–Crippen MR) is 133 cm³/mol. The molecule has 174 valence electrons. The fraction of sp³-hybridized carbons (Fsp3) is 0.444. The minimum absolute atomic E-state index is 0.185. The van der Waals surface area contributed by atoms with E-state index in [4.69, 9.17) is 0 Å². The molecule has 6 heteroatoms. The van der Waals surface area contributed by atoms with Crippen LogP contribution in [0.3, 0.4) is 0 Å². The number of Topliss-reactive ketones (excluding diaryl/α,β-unsaturated/α-hetero) is 1. The summed E-state index contributed by atoms with van der Waals surface area (Å²) in [5, 5.41) is 9.22. The van der Waals surface area contributed by atoms with Crippen LogP contribution in [0.5, 0.6) is 0 Å². The number of guanidine groups is 1. The monoisotopic (exact) mass is 446 g/mol. The van der Waals surface area contributed by atoms with Crippen molar-refractivity contribution < 1.29 is 9.59 Å². The van der Waals surface area contributed by atoms with Crippen LogP contribution in [0.25, 0.3) is 0 Å². The summed E-state index contributed by atoms with van der Waals surface area (Å²) in [4.78, 5) is 29.4. The van der Waals surface area contributed by atoms with E-state index in [1.165, 1.54) is 38.5 Å². The van der Waals surface area contributed by atoms with Crippen LogP contribution in [0.4, 0.5) is 11.4 Å². The largest absolute Gasteiger partial charge is 0.356 e. The number of benzene rings is 2. The van der Waals surface area contributed by atoms with E-state index >= 15 is 0 Å². The lowest BCUT2D eigenvalue weighted by Crippen LogP contribution is -2.43. The molecule has 0 bridgehead atoms. The number of hydrogen-bond donors (Lipinski definition) is 3. The van der Waals surface area contributed by atoms with Gasteiger partial charge in [0.2, 0.25) is 0 Å². The molecular weight excluding hydrogens is 412 g/mol. The van der Waals surface area contributed by atoms with Gasteiger partial charge in [-0.15, -0.1) is 0 Å². The maximum atomic E-state index is 12.7. The Kier molecular flexibility index (Phi) is 8.12. The van der Waals surface area contributed by atoms with Crippen molar-refractivity contribution in [2.45, 2.75) is 57.8 Å². The molecule has 0 radical (unpaired) electrons. The average Bonchev–Trinajstić information content (AvgIpc) is 2.86. The molecule has 0 atom stereocenters. The van der Waals surface area contributed by atoms with E-state index in [1.807, 2.05) is 36.4 Å². The summed E-state index contributed by atoms with van der Waals surface area (Å²) >= 11 is 0. The first-order valence-corrected chi connectivity index (χ1v) is 12.3. The molecule has 1 aliphatic heterocycles. The van der Waals surface area contributed by atoms with E-state index in [9.17, 15) is 9.59 Å². The van der Waals surface area contributed by atoms with Crippen LogP contribution >= 0.6 is 0 Å². The topological polar surface area (TPSA) is 82.6 Å². The number of carbonyl (C=O) groups excluding carboxylic acids is 2. The second-order valence-electron chi connectivity index (χ2n) is 9.07. The summed E-state index contributed by atoms with van der Waals surface area (Å²) in [6.07, 6.45) is 10.5. The molecule has 3 N–H and O–H groups in total. The molecule has 0 saturated heterocycles. The third-order valence-electron chi connectivity index (χ3n) is 6.49. The zero-order chi connectivity index (χ0) is 22.9. The fourth-order valence-corrected chi connectivity index (χ4v) is 4.61. The van der Waals surface area contributed by atoms with Gasteiger partial charge in [-0.25, -0.2) is 0 Å². The highest BCUT2D eigenvalue weighted by Crippen LogP contribution is 2.28. The molecule has 1 heterocycles. The summed E-state index contributed by atoms with van der Waals surface area (Å²) in [5.41, 5.74) is 3.05. The van der Waals surface area contributed by atoms with E-state index in [0.717, 1.165) is 48.8 Å². The van der Waals surface area contributed by atoms with Gasteiger partial charge in [-0.2, -0.15) is 0 Å². The van der Waals surface area contributed by atoms with Crippen LogP contribution in [0.1, 0.15) is 78.5 Å². The van der Waals surface area contributed by atoms with Gasteiger partial charge in [-0.05, 0) is 55.2 Å². The van der Waals surface area contributed by atoms with Gasteiger partial charge < -0.3 is 10.6 Å².